The summed E-state index contributed by atoms with van der Waals surface area (Å²) in [4.78, 5) is 0. The van der Waals surface area contributed by atoms with Crippen molar-refractivity contribution in [3.8, 4) is 0 Å². The Labute approximate surface area is 72.4 Å². The second-order valence-corrected chi connectivity index (χ2v) is 4.55. The van der Waals surface area contributed by atoms with Gasteiger partial charge in [0.15, 0.2) is 0 Å². The van der Waals surface area contributed by atoms with Gasteiger partial charge in [-0.15, -0.1) is 0 Å². The van der Waals surface area contributed by atoms with Gasteiger partial charge in [0, 0.05) is 0 Å². The third kappa shape index (κ3) is 1.56. The fourth-order valence-corrected chi connectivity index (χ4v) is 2.71. The van der Waals surface area contributed by atoms with Crippen molar-refractivity contribution in [1.29, 1.82) is 0 Å². The van der Waals surface area contributed by atoms with Gasteiger partial charge in [-0.05, 0) is 0 Å². The molecule has 0 bridgehead atoms. The molecule has 0 fully saturated rings. The third-order valence-electron chi connectivity index (χ3n) is 1.67. The predicted molar refractivity (Wildman–Crippen MR) is 47.2 cm³/mol. The van der Waals surface area contributed by atoms with Gasteiger partial charge in [-0.1, -0.05) is 0 Å². The molecule has 1 aromatic carbocycles. The van der Waals surface area contributed by atoms with E-state index in [1.807, 2.05) is 0 Å². The molecule has 0 aliphatic rings. The normalized spacial score (nSPS) is 11.1. The zero-order valence-electron chi connectivity index (χ0n) is 6.06. The number of halogens is 1. The monoisotopic (exact) mass is 215 g/mol. The second kappa shape index (κ2) is 3.46. The van der Waals surface area contributed by atoms with E-state index in [0.717, 1.165) is 0 Å². The zero-order valence-corrected chi connectivity index (χ0v) is 8.69. The Kier molecular flexibility index (Phi) is 2.82. The summed E-state index contributed by atoms with van der Waals surface area (Å²) in [5, 5.41) is 0. The first-order valence-corrected chi connectivity index (χ1v) is 6.54. The van der Waals surface area contributed by atoms with Gasteiger partial charge in [-0.2, -0.15) is 0 Å². The number of aryl methyl sites for hydroxylation is 1. The standard InChI is InChI=1S/C8H9AsCl/c1-6-4-3-5-8(9-10)7(6)2/h3-5H,1-2H3. The molecular formula is C8H9AsCl. The van der Waals surface area contributed by atoms with Gasteiger partial charge in [0.1, 0.15) is 0 Å². The number of hydrogen-bond donors (Lipinski definition) is 0. The quantitative estimate of drug-likeness (QED) is 0.627. The fraction of sp³-hybridized carbons (Fsp3) is 0.250. The molecule has 0 unspecified atom stereocenters. The van der Waals surface area contributed by atoms with Crippen molar-refractivity contribution in [3.63, 3.8) is 0 Å². The molecule has 0 aliphatic heterocycles. The summed E-state index contributed by atoms with van der Waals surface area (Å²) in [5.41, 5.74) is 2.70. The van der Waals surface area contributed by atoms with Crippen molar-refractivity contribution in [2.75, 3.05) is 0 Å². The number of rotatable bonds is 1. The minimum atomic E-state index is -0.128. The van der Waals surface area contributed by atoms with Crippen LogP contribution in [0.2, 0.25) is 0 Å². The van der Waals surface area contributed by atoms with Crippen LogP contribution in [0.3, 0.4) is 0 Å². The fourth-order valence-electron chi connectivity index (χ4n) is 0.827. The van der Waals surface area contributed by atoms with Gasteiger partial charge in [0.25, 0.3) is 0 Å². The minimum absolute atomic E-state index is 0.128. The van der Waals surface area contributed by atoms with Crippen LogP contribution < -0.4 is 4.35 Å². The first-order chi connectivity index (χ1) is 4.75. The van der Waals surface area contributed by atoms with Crippen molar-refractivity contribution in [2.24, 2.45) is 0 Å². The molecule has 10 heavy (non-hydrogen) atoms. The van der Waals surface area contributed by atoms with E-state index in [9.17, 15) is 0 Å². The van der Waals surface area contributed by atoms with Crippen LogP contribution in [0.1, 0.15) is 11.1 Å². The Morgan fingerprint density at radius 1 is 1.30 bits per heavy atom. The molecule has 1 rings (SSSR count). The topological polar surface area (TPSA) is 0 Å². The summed E-state index contributed by atoms with van der Waals surface area (Å²) >= 11 is -0.128. The molecule has 0 saturated carbocycles. The molecule has 1 aromatic rings. The molecule has 0 amide bonds. The van der Waals surface area contributed by atoms with Crippen molar-refractivity contribution in [3.05, 3.63) is 29.3 Å². The van der Waals surface area contributed by atoms with Gasteiger partial charge < -0.3 is 0 Å². The summed E-state index contributed by atoms with van der Waals surface area (Å²) in [6.45, 7) is 4.25. The Bertz CT molecular complexity index is 233. The van der Waals surface area contributed by atoms with Gasteiger partial charge in [0.05, 0.1) is 0 Å². The Balaban J connectivity index is 3.14. The summed E-state index contributed by atoms with van der Waals surface area (Å²) in [6.07, 6.45) is 0. The van der Waals surface area contributed by atoms with Gasteiger partial charge in [0.2, 0.25) is 0 Å². The van der Waals surface area contributed by atoms with E-state index in [-0.39, 0.29) is 14.8 Å². The van der Waals surface area contributed by atoms with Gasteiger partial charge in [-0.25, -0.2) is 0 Å². The van der Waals surface area contributed by atoms with Crippen LogP contribution in [-0.4, -0.2) is 14.8 Å². The number of hydrogen-bond acceptors (Lipinski definition) is 0. The van der Waals surface area contributed by atoms with Crippen LogP contribution in [-0.2, 0) is 0 Å². The first-order valence-electron chi connectivity index (χ1n) is 3.14. The van der Waals surface area contributed by atoms with E-state index < -0.39 is 0 Å². The summed E-state index contributed by atoms with van der Waals surface area (Å²) in [7, 11) is 5.80. The average molecular weight is 216 g/mol. The molecule has 0 saturated heterocycles. The molecule has 0 N–H and O–H groups in total. The van der Waals surface area contributed by atoms with E-state index in [4.69, 9.17) is 9.95 Å². The SMILES string of the molecule is Cc1cccc([As]Cl)c1C. The molecule has 0 atom stereocenters. The molecular weight excluding hydrogens is 206 g/mol. The van der Waals surface area contributed by atoms with E-state index in [1.54, 1.807) is 0 Å². The van der Waals surface area contributed by atoms with E-state index >= 15 is 0 Å². The first kappa shape index (κ1) is 8.17. The van der Waals surface area contributed by atoms with E-state index in [0.29, 0.717) is 0 Å². The number of benzene rings is 1. The molecule has 53 valence electrons. The zero-order chi connectivity index (χ0) is 7.56. The molecule has 0 nitrogen and oxygen atoms in total. The van der Waals surface area contributed by atoms with E-state index in [1.165, 1.54) is 15.5 Å². The second-order valence-electron chi connectivity index (χ2n) is 2.30. The van der Waals surface area contributed by atoms with Crippen LogP contribution in [0.25, 0.3) is 0 Å². The molecule has 0 spiro atoms. The van der Waals surface area contributed by atoms with Crippen LogP contribution >= 0.6 is 9.95 Å². The van der Waals surface area contributed by atoms with E-state index in [2.05, 4.69) is 32.0 Å². The molecule has 0 aliphatic carbocycles. The molecule has 1 radical (unpaired) electrons. The Morgan fingerprint density at radius 2 is 2.00 bits per heavy atom. The van der Waals surface area contributed by atoms with Crippen molar-refractivity contribution in [2.45, 2.75) is 13.8 Å². The van der Waals surface area contributed by atoms with Gasteiger partial charge >= 0.3 is 72.3 Å². The molecule has 0 aromatic heterocycles. The van der Waals surface area contributed by atoms with Gasteiger partial charge in [-0.3, -0.25) is 0 Å². The van der Waals surface area contributed by atoms with Crippen molar-refractivity contribution < 1.29 is 0 Å². The third-order valence-corrected chi connectivity index (χ3v) is 4.01. The van der Waals surface area contributed by atoms with Crippen molar-refractivity contribution in [1.82, 2.24) is 0 Å². The maximum atomic E-state index is 5.80. The van der Waals surface area contributed by atoms with Crippen LogP contribution in [0.15, 0.2) is 18.2 Å². The molecule has 2 heteroatoms. The van der Waals surface area contributed by atoms with Crippen LogP contribution in [0, 0.1) is 13.8 Å². The molecule has 0 heterocycles. The maximum absolute atomic E-state index is 5.80. The van der Waals surface area contributed by atoms with Crippen LogP contribution in [0.4, 0.5) is 0 Å². The van der Waals surface area contributed by atoms with Crippen LogP contribution in [0.5, 0.6) is 0 Å². The predicted octanol–water partition coefficient (Wildman–Crippen LogP) is 1.79. The Hall–Kier alpha value is 0.0684. The Morgan fingerprint density at radius 3 is 2.50 bits per heavy atom. The summed E-state index contributed by atoms with van der Waals surface area (Å²) < 4.78 is 1.33. The average Bonchev–Trinajstić information content (AvgIpc) is 1.95. The van der Waals surface area contributed by atoms with Crippen molar-refractivity contribution >= 4 is 29.1 Å². The summed E-state index contributed by atoms with van der Waals surface area (Å²) in [5.74, 6) is 0. The summed E-state index contributed by atoms with van der Waals surface area (Å²) in [6, 6.07) is 6.29.